The Bertz CT molecular complexity index is 663. The standard InChI is InChI=1S/C18H24N4OS/c1-14-12-16(21-18(20-14)24-3)17(23)19-10-7-11-22(2)13-15-8-5-4-6-9-15/h4-6,8-9,12H,7,10-11,13H2,1-3H3,(H,19,23). The molecule has 0 atom stereocenters. The SMILES string of the molecule is CSc1nc(C)cc(C(=O)NCCCN(C)Cc2ccccc2)n1. The van der Waals surface area contributed by atoms with Gasteiger partial charge in [-0.3, -0.25) is 4.79 Å². The Hall–Kier alpha value is -1.92. The maximum atomic E-state index is 12.2. The van der Waals surface area contributed by atoms with Crippen LogP contribution in [0.4, 0.5) is 0 Å². The lowest BCUT2D eigenvalue weighted by atomic mass is 10.2. The number of benzene rings is 1. The summed E-state index contributed by atoms with van der Waals surface area (Å²) < 4.78 is 0. The highest BCUT2D eigenvalue weighted by molar-refractivity contribution is 7.98. The van der Waals surface area contributed by atoms with E-state index >= 15 is 0 Å². The second-order valence-corrected chi connectivity index (χ2v) is 6.49. The summed E-state index contributed by atoms with van der Waals surface area (Å²) >= 11 is 1.44. The largest absolute Gasteiger partial charge is 0.351 e. The van der Waals surface area contributed by atoms with E-state index in [1.54, 1.807) is 6.07 Å². The van der Waals surface area contributed by atoms with E-state index in [1.807, 2.05) is 19.2 Å². The molecule has 0 spiro atoms. The lowest BCUT2D eigenvalue weighted by Gasteiger charge is -2.16. The van der Waals surface area contributed by atoms with Crippen LogP contribution < -0.4 is 5.32 Å². The van der Waals surface area contributed by atoms with Crippen LogP contribution in [0.15, 0.2) is 41.6 Å². The van der Waals surface area contributed by atoms with Crippen LogP contribution in [0.1, 0.15) is 28.2 Å². The molecule has 0 fully saturated rings. The quantitative estimate of drug-likeness (QED) is 0.453. The van der Waals surface area contributed by atoms with E-state index in [1.165, 1.54) is 17.3 Å². The molecule has 1 aromatic heterocycles. The fourth-order valence-electron chi connectivity index (χ4n) is 2.36. The number of carbonyl (C=O) groups is 1. The molecular weight excluding hydrogens is 320 g/mol. The van der Waals surface area contributed by atoms with Gasteiger partial charge in [0.1, 0.15) is 5.69 Å². The molecule has 128 valence electrons. The molecule has 1 aromatic carbocycles. The maximum Gasteiger partial charge on any atom is 0.270 e. The van der Waals surface area contributed by atoms with E-state index in [0.29, 0.717) is 17.4 Å². The molecule has 0 aliphatic heterocycles. The van der Waals surface area contributed by atoms with Gasteiger partial charge in [0.05, 0.1) is 0 Å². The first-order valence-electron chi connectivity index (χ1n) is 7.99. The number of aromatic nitrogens is 2. The van der Waals surface area contributed by atoms with Crippen LogP contribution in [0.25, 0.3) is 0 Å². The smallest absolute Gasteiger partial charge is 0.270 e. The van der Waals surface area contributed by atoms with E-state index in [-0.39, 0.29) is 5.91 Å². The predicted octanol–water partition coefficient (Wildman–Crippen LogP) is 2.76. The molecule has 1 amide bonds. The summed E-state index contributed by atoms with van der Waals surface area (Å²) in [7, 11) is 2.09. The van der Waals surface area contributed by atoms with Gasteiger partial charge in [-0.2, -0.15) is 0 Å². The average molecular weight is 344 g/mol. The Morgan fingerprint density at radius 3 is 2.71 bits per heavy atom. The molecule has 0 aliphatic carbocycles. The first kappa shape index (κ1) is 18.4. The third-order valence-electron chi connectivity index (χ3n) is 3.55. The second-order valence-electron chi connectivity index (χ2n) is 5.71. The van der Waals surface area contributed by atoms with E-state index < -0.39 is 0 Å². The molecular formula is C18H24N4OS. The maximum absolute atomic E-state index is 12.2. The number of carbonyl (C=O) groups excluding carboxylic acids is 1. The number of amides is 1. The molecule has 0 aliphatic rings. The summed E-state index contributed by atoms with van der Waals surface area (Å²) in [6.45, 7) is 4.34. The van der Waals surface area contributed by atoms with Gasteiger partial charge in [-0.15, -0.1) is 0 Å². The number of hydrogen-bond acceptors (Lipinski definition) is 5. The lowest BCUT2D eigenvalue weighted by Crippen LogP contribution is -2.29. The second kappa shape index (κ2) is 9.39. The van der Waals surface area contributed by atoms with Gasteiger partial charge in [-0.1, -0.05) is 42.1 Å². The van der Waals surface area contributed by atoms with Crippen molar-refractivity contribution in [3.05, 3.63) is 53.3 Å². The molecule has 0 saturated heterocycles. The van der Waals surface area contributed by atoms with Crippen molar-refractivity contribution >= 4 is 17.7 Å². The Kier molecular flexibility index (Phi) is 7.21. The van der Waals surface area contributed by atoms with Crippen molar-refractivity contribution in [1.29, 1.82) is 0 Å². The monoisotopic (exact) mass is 344 g/mol. The van der Waals surface area contributed by atoms with Crippen LogP contribution >= 0.6 is 11.8 Å². The third kappa shape index (κ3) is 5.94. The number of nitrogens with one attached hydrogen (secondary N) is 1. The highest BCUT2D eigenvalue weighted by Gasteiger charge is 2.10. The van der Waals surface area contributed by atoms with Gasteiger partial charge in [0.15, 0.2) is 5.16 Å². The number of thioether (sulfide) groups is 1. The van der Waals surface area contributed by atoms with Crippen LogP contribution in [0, 0.1) is 6.92 Å². The highest BCUT2D eigenvalue weighted by Crippen LogP contribution is 2.10. The van der Waals surface area contributed by atoms with Crippen molar-refractivity contribution in [3.63, 3.8) is 0 Å². The molecule has 2 aromatic rings. The van der Waals surface area contributed by atoms with Gasteiger partial charge < -0.3 is 10.2 Å². The number of hydrogen-bond donors (Lipinski definition) is 1. The minimum absolute atomic E-state index is 0.137. The Morgan fingerprint density at radius 1 is 1.25 bits per heavy atom. The van der Waals surface area contributed by atoms with E-state index in [4.69, 9.17) is 0 Å². The molecule has 1 heterocycles. The van der Waals surface area contributed by atoms with Crippen molar-refractivity contribution < 1.29 is 4.79 Å². The Morgan fingerprint density at radius 2 is 2.00 bits per heavy atom. The fraction of sp³-hybridized carbons (Fsp3) is 0.389. The first-order valence-corrected chi connectivity index (χ1v) is 9.21. The molecule has 24 heavy (non-hydrogen) atoms. The number of rotatable bonds is 8. The zero-order valence-electron chi connectivity index (χ0n) is 14.5. The summed E-state index contributed by atoms with van der Waals surface area (Å²) in [5, 5.41) is 3.56. The summed E-state index contributed by atoms with van der Waals surface area (Å²) in [5.74, 6) is -0.137. The van der Waals surface area contributed by atoms with Gasteiger partial charge in [-0.25, -0.2) is 9.97 Å². The van der Waals surface area contributed by atoms with Gasteiger partial charge in [-0.05, 0) is 44.8 Å². The molecule has 0 bridgehead atoms. The topological polar surface area (TPSA) is 58.1 Å². The molecule has 6 heteroatoms. The van der Waals surface area contributed by atoms with Gasteiger partial charge in [0.25, 0.3) is 5.91 Å². The van der Waals surface area contributed by atoms with E-state index in [0.717, 1.165) is 25.2 Å². The molecule has 1 N–H and O–H groups in total. The van der Waals surface area contributed by atoms with Gasteiger partial charge in [0, 0.05) is 18.8 Å². The summed E-state index contributed by atoms with van der Waals surface area (Å²) in [4.78, 5) is 22.9. The zero-order valence-corrected chi connectivity index (χ0v) is 15.3. The summed E-state index contributed by atoms with van der Waals surface area (Å²) in [6, 6.07) is 12.1. The van der Waals surface area contributed by atoms with Gasteiger partial charge in [0.2, 0.25) is 0 Å². The van der Waals surface area contributed by atoms with Crippen molar-refractivity contribution in [2.24, 2.45) is 0 Å². The van der Waals surface area contributed by atoms with E-state index in [2.05, 4.69) is 51.5 Å². The Labute approximate surface area is 147 Å². The van der Waals surface area contributed by atoms with Crippen molar-refractivity contribution in [2.75, 3.05) is 26.4 Å². The van der Waals surface area contributed by atoms with Crippen molar-refractivity contribution in [2.45, 2.75) is 25.0 Å². The fourth-order valence-corrected chi connectivity index (χ4v) is 2.79. The Balaban J connectivity index is 1.73. The minimum Gasteiger partial charge on any atom is -0.351 e. The van der Waals surface area contributed by atoms with Crippen molar-refractivity contribution in [3.8, 4) is 0 Å². The predicted molar refractivity (Wildman–Crippen MR) is 98.3 cm³/mol. The molecule has 2 rings (SSSR count). The molecule has 0 unspecified atom stereocenters. The number of nitrogens with zero attached hydrogens (tertiary/aromatic N) is 3. The molecule has 0 radical (unpaired) electrons. The molecule has 0 saturated carbocycles. The summed E-state index contributed by atoms with van der Waals surface area (Å²) in [6.07, 6.45) is 2.80. The third-order valence-corrected chi connectivity index (χ3v) is 4.09. The average Bonchev–Trinajstić information content (AvgIpc) is 2.58. The van der Waals surface area contributed by atoms with Crippen LogP contribution in [0.3, 0.4) is 0 Å². The zero-order chi connectivity index (χ0) is 17.4. The van der Waals surface area contributed by atoms with Crippen LogP contribution in [0.2, 0.25) is 0 Å². The van der Waals surface area contributed by atoms with Crippen LogP contribution in [-0.2, 0) is 6.54 Å². The van der Waals surface area contributed by atoms with Crippen LogP contribution in [-0.4, -0.2) is 47.2 Å². The van der Waals surface area contributed by atoms with E-state index in [9.17, 15) is 4.79 Å². The molecule has 5 nitrogen and oxygen atoms in total. The van der Waals surface area contributed by atoms with Crippen LogP contribution in [0.5, 0.6) is 0 Å². The minimum atomic E-state index is -0.137. The normalized spacial score (nSPS) is 10.8. The summed E-state index contributed by atoms with van der Waals surface area (Å²) in [5.41, 5.74) is 2.54. The number of aryl methyl sites for hydroxylation is 1. The first-order chi connectivity index (χ1) is 11.6. The van der Waals surface area contributed by atoms with Gasteiger partial charge >= 0.3 is 0 Å². The van der Waals surface area contributed by atoms with Crippen molar-refractivity contribution in [1.82, 2.24) is 20.2 Å². The lowest BCUT2D eigenvalue weighted by molar-refractivity contribution is 0.0946. The highest BCUT2D eigenvalue weighted by atomic mass is 32.2.